The molecule has 0 fully saturated rings. The summed E-state index contributed by atoms with van der Waals surface area (Å²) in [6, 6.07) is 1.66. The van der Waals surface area contributed by atoms with Gasteiger partial charge in [0.1, 0.15) is 12.0 Å². The largest absolute Gasteiger partial charge is 0.467 e. The van der Waals surface area contributed by atoms with Crippen molar-refractivity contribution < 1.29 is 13.9 Å². The van der Waals surface area contributed by atoms with Crippen molar-refractivity contribution in [2.75, 3.05) is 19.8 Å². The van der Waals surface area contributed by atoms with Crippen LogP contribution in [0, 0.1) is 0 Å². The third-order valence-corrected chi connectivity index (χ3v) is 2.51. The standard InChI is InChI=1S/C13H22N2O3/c1-2-3-6-17-7-4-5-15-13(16)11-8-12(9-14)18-10-11/h8,10H,2-7,9,14H2,1H3,(H,15,16). The molecule has 1 aromatic heterocycles. The van der Waals surface area contributed by atoms with E-state index in [-0.39, 0.29) is 5.91 Å². The van der Waals surface area contributed by atoms with Crippen LogP contribution in [0.1, 0.15) is 42.3 Å². The van der Waals surface area contributed by atoms with Crippen LogP contribution in [0.25, 0.3) is 0 Å². The van der Waals surface area contributed by atoms with E-state index in [4.69, 9.17) is 14.9 Å². The van der Waals surface area contributed by atoms with E-state index in [0.29, 0.717) is 31.0 Å². The quantitative estimate of drug-likeness (QED) is 0.657. The smallest absolute Gasteiger partial charge is 0.254 e. The van der Waals surface area contributed by atoms with Crippen molar-refractivity contribution in [3.63, 3.8) is 0 Å². The van der Waals surface area contributed by atoms with Crippen LogP contribution in [0.2, 0.25) is 0 Å². The predicted octanol–water partition coefficient (Wildman–Crippen LogP) is 1.67. The molecule has 0 spiro atoms. The molecule has 0 bridgehead atoms. The first kappa shape index (κ1) is 14.7. The monoisotopic (exact) mass is 254 g/mol. The zero-order chi connectivity index (χ0) is 13.2. The lowest BCUT2D eigenvalue weighted by Crippen LogP contribution is -2.24. The number of unbranched alkanes of at least 4 members (excludes halogenated alkanes) is 1. The Labute approximate surface area is 108 Å². The summed E-state index contributed by atoms with van der Waals surface area (Å²) in [7, 11) is 0. The van der Waals surface area contributed by atoms with Gasteiger partial charge in [0.2, 0.25) is 0 Å². The number of rotatable bonds is 9. The van der Waals surface area contributed by atoms with Crippen molar-refractivity contribution in [3.05, 3.63) is 23.7 Å². The summed E-state index contributed by atoms with van der Waals surface area (Å²) in [6.07, 6.45) is 4.47. The van der Waals surface area contributed by atoms with E-state index in [0.717, 1.165) is 25.9 Å². The number of ether oxygens (including phenoxy) is 1. The molecule has 0 saturated carbocycles. The molecule has 102 valence electrons. The Morgan fingerprint density at radius 1 is 1.44 bits per heavy atom. The van der Waals surface area contributed by atoms with Crippen molar-refractivity contribution in [2.24, 2.45) is 5.73 Å². The molecule has 0 aliphatic heterocycles. The molecule has 0 radical (unpaired) electrons. The lowest BCUT2D eigenvalue weighted by Gasteiger charge is -2.04. The fourth-order valence-corrected chi connectivity index (χ4v) is 1.43. The van der Waals surface area contributed by atoms with Crippen molar-refractivity contribution in [1.29, 1.82) is 0 Å². The summed E-state index contributed by atoms with van der Waals surface area (Å²) >= 11 is 0. The lowest BCUT2D eigenvalue weighted by atomic mass is 10.3. The first-order valence-electron chi connectivity index (χ1n) is 6.41. The van der Waals surface area contributed by atoms with Crippen LogP contribution >= 0.6 is 0 Å². The average molecular weight is 254 g/mol. The highest BCUT2D eigenvalue weighted by Crippen LogP contribution is 2.06. The molecule has 0 saturated heterocycles. The van der Waals surface area contributed by atoms with Gasteiger partial charge in [-0.25, -0.2) is 0 Å². The zero-order valence-electron chi connectivity index (χ0n) is 10.9. The Bertz CT molecular complexity index is 350. The zero-order valence-corrected chi connectivity index (χ0v) is 10.9. The van der Waals surface area contributed by atoms with E-state index < -0.39 is 0 Å². The van der Waals surface area contributed by atoms with Gasteiger partial charge in [0.15, 0.2) is 0 Å². The maximum Gasteiger partial charge on any atom is 0.254 e. The number of hydrogen-bond donors (Lipinski definition) is 2. The first-order chi connectivity index (χ1) is 8.77. The van der Waals surface area contributed by atoms with Gasteiger partial charge < -0.3 is 20.2 Å². The average Bonchev–Trinajstić information content (AvgIpc) is 2.86. The summed E-state index contributed by atoms with van der Waals surface area (Å²) < 4.78 is 10.5. The Morgan fingerprint density at radius 2 is 2.22 bits per heavy atom. The normalized spacial score (nSPS) is 10.6. The Hall–Kier alpha value is -1.33. The summed E-state index contributed by atoms with van der Waals surface area (Å²) in [4.78, 5) is 11.7. The maximum absolute atomic E-state index is 11.7. The van der Waals surface area contributed by atoms with Gasteiger partial charge in [-0.15, -0.1) is 0 Å². The van der Waals surface area contributed by atoms with Crippen molar-refractivity contribution in [1.82, 2.24) is 5.32 Å². The summed E-state index contributed by atoms with van der Waals surface area (Å²) in [5.74, 6) is 0.482. The third kappa shape index (κ3) is 5.33. The van der Waals surface area contributed by atoms with Crippen LogP contribution in [0.4, 0.5) is 0 Å². The second-order valence-corrected chi connectivity index (χ2v) is 4.08. The summed E-state index contributed by atoms with van der Waals surface area (Å²) in [5, 5.41) is 2.81. The molecule has 0 aliphatic carbocycles. The highest BCUT2D eigenvalue weighted by Gasteiger charge is 2.08. The van der Waals surface area contributed by atoms with Gasteiger partial charge >= 0.3 is 0 Å². The van der Waals surface area contributed by atoms with Gasteiger partial charge in [-0.05, 0) is 18.9 Å². The second kappa shape index (κ2) is 8.72. The molecular weight excluding hydrogens is 232 g/mol. The molecule has 0 atom stereocenters. The van der Waals surface area contributed by atoms with Gasteiger partial charge in [-0.1, -0.05) is 13.3 Å². The number of carbonyl (C=O) groups is 1. The molecule has 5 heteroatoms. The van der Waals surface area contributed by atoms with Gasteiger partial charge in [0.05, 0.1) is 12.1 Å². The molecule has 18 heavy (non-hydrogen) atoms. The molecular formula is C13H22N2O3. The topological polar surface area (TPSA) is 77.5 Å². The molecule has 1 aromatic rings. The maximum atomic E-state index is 11.7. The van der Waals surface area contributed by atoms with E-state index in [2.05, 4.69) is 12.2 Å². The highest BCUT2D eigenvalue weighted by molar-refractivity contribution is 5.93. The number of nitrogens with one attached hydrogen (secondary N) is 1. The van der Waals surface area contributed by atoms with Gasteiger partial charge in [0, 0.05) is 19.8 Å². The molecule has 1 rings (SSSR count). The molecule has 1 heterocycles. The molecule has 1 amide bonds. The Balaban J connectivity index is 2.10. The molecule has 3 N–H and O–H groups in total. The van der Waals surface area contributed by atoms with E-state index >= 15 is 0 Å². The van der Waals surface area contributed by atoms with Crippen LogP contribution in [-0.4, -0.2) is 25.7 Å². The minimum Gasteiger partial charge on any atom is -0.467 e. The van der Waals surface area contributed by atoms with Gasteiger partial charge in [-0.3, -0.25) is 4.79 Å². The van der Waals surface area contributed by atoms with Crippen molar-refractivity contribution in [3.8, 4) is 0 Å². The minimum absolute atomic E-state index is 0.132. The van der Waals surface area contributed by atoms with Crippen LogP contribution in [0.15, 0.2) is 16.7 Å². The van der Waals surface area contributed by atoms with E-state index in [9.17, 15) is 4.79 Å². The fraction of sp³-hybridized carbons (Fsp3) is 0.615. The Kier molecular flexibility index (Phi) is 7.13. The minimum atomic E-state index is -0.132. The molecule has 5 nitrogen and oxygen atoms in total. The molecule has 0 unspecified atom stereocenters. The number of hydrogen-bond acceptors (Lipinski definition) is 4. The fourth-order valence-electron chi connectivity index (χ4n) is 1.43. The van der Waals surface area contributed by atoms with E-state index in [1.54, 1.807) is 6.07 Å². The molecule has 0 aromatic carbocycles. The highest BCUT2D eigenvalue weighted by atomic mass is 16.5. The number of carbonyl (C=O) groups excluding carboxylic acids is 1. The number of amides is 1. The third-order valence-electron chi connectivity index (χ3n) is 2.51. The lowest BCUT2D eigenvalue weighted by molar-refractivity contribution is 0.0940. The number of furan rings is 1. The SMILES string of the molecule is CCCCOCCCNC(=O)c1coc(CN)c1. The summed E-state index contributed by atoms with van der Waals surface area (Å²) in [5.41, 5.74) is 5.92. The number of nitrogens with two attached hydrogens (primary N) is 1. The van der Waals surface area contributed by atoms with Gasteiger partial charge in [-0.2, -0.15) is 0 Å². The van der Waals surface area contributed by atoms with Gasteiger partial charge in [0.25, 0.3) is 5.91 Å². The second-order valence-electron chi connectivity index (χ2n) is 4.08. The predicted molar refractivity (Wildman–Crippen MR) is 69.3 cm³/mol. The summed E-state index contributed by atoms with van der Waals surface area (Å²) in [6.45, 7) is 4.52. The van der Waals surface area contributed by atoms with Crippen molar-refractivity contribution in [2.45, 2.75) is 32.7 Å². The van der Waals surface area contributed by atoms with Crippen LogP contribution in [0.3, 0.4) is 0 Å². The van der Waals surface area contributed by atoms with Crippen LogP contribution in [0.5, 0.6) is 0 Å². The van der Waals surface area contributed by atoms with E-state index in [1.807, 2.05) is 0 Å². The first-order valence-corrected chi connectivity index (χ1v) is 6.41. The van der Waals surface area contributed by atoms with Crippen molar-refractivity contribution >= 4 is 5.91 Å². The molecule has 0 aliphatic rings. The Morgan fingerprint density at radius 3 is 2.89 bits per heavy atom. The van der Waals surface area contributed by atoms with E-state index in [1.165, 1.54) is 6.26 Å². The van der Waals surface area contributed by atoms with Crippen LogP contribution < -0.4 is 11.1 Å². The van der Waals surface area contributed by atoms with Crippen LogP contribution in [-0.2, 0) is 11.3 Å².